The molecule has 1 aliphatic rings. The first-order valence-corrected chi connectivity index (χ1v) is 12.1. The van der Waals surface area contributed by atoms with Gasteiger partial charge in [-0.15, -0.1) is 0 Å². The minimum Gasteiger partial charge on any atom is -0.474 e. The highest BCUT2D eigenvalue weighted by molar-refractivity contribution is 6.31. The van der Waals surface area contributed by atoms with E-state index in [9.17, 15) is 4.79 Å². The standard InChI is InChI=1S/C25H26Cl2N4O3/c1-2-16-33-23-24(34-25(32)30-31-14-4-3-5-15-31)29-22(18-8-12-20(27)13-9-18)21(28-23)17-6-10-19(26)11-7-17/h6-13H,2-5,14-16H2,1H3,(H,30,32). The van der Waals surface area contributed by atoms with Crippen LogP contribution in [0.1, 0.15) is 32.6 Å². The van der Waals surface area contributed by atoms with Crippen LogP contribution < -0.4 is 14.9 Å². The topological polar surface area (TPSA) is 76.6 Å². The Morgan fingerprint density at radius 1 is 0.882 bits per heavy atom. The van der Waals surface area contributed by atoms with Gasteiger partial charge in [0.25, 0.3) is 11.8 Å². The van der Waals surface area contributed by atoms with Crippen LogP contribution >= 0.6 is 23.2 Å². The second-order valence-corrected chi connectivity index (χ2v) is 8.82. The number of rotatable bonds is 7. The first-order valence-electron chi connectivity index (χ1n) is 11.3. The lowest BCUT2D eigenvalue weighted by molar-refractivity contribution is 0.126. The van der Waals surface area contributed by atoms with Gasteiger partial charge in [-0.05, 0) is 43.5 Å². The molecule has 7 nitrogen and oxygen atoms in total. The van der Waals surface area contributed by atoms with Crippen LogP contribution in [0.4, 0.5) is 4.79 Å². The van der Waals surface area contributed by atoms with Crippen LogP contribution in [0, 0.1) is 0 Å². The fraction of sp³-hybridized carbons (Fsp3) is 0.320. The Bertz CT molecular complexity index is 1120. The maximum atomic E-state index is 12.7. The average molecular weight is 501 g/mol. The number of amides is 1. The third-order valence-electron chi connectivity index (χ3n) is 5.31. The summed E-state index contributed by atoms with van der Waals surface area (Å²) in [4.78, 5) is 22.1. The van der Waals surface area contributed by atoms with Gasteiger partial charge in [-0.2, -0.15) is 0 Å². The monoisotopic (exact) mass is 500 g/mol. The molecule has 2 heterocycles. The van der Waals surface area contributed by atoms with Crippen LogP contribution in [0.15, 0.2) is 48.5 Å². The van der Waals surface area contributed by atoms with E-state index in [1.807, 2.05) is 36.2 Å². The summed E-state index contributed by atoms with van der Waals surface area (Å²) in [5, 5.41) is 3.07. The highest BCUT2D eigenvalue weighted by atomic mass is 35.5. The Labute approximate surface area is 209 Å². The largest absolute Gasteiger partial charge is 0.474 e. The van der Waals surface area contributed by atoms with E-state index in [2.05, 4.69) is 5.43 Å². The Kier molecular flexibility index (Phi) is 8.21. The van der Waals surface area contributed by atoms with Gasteiger partial charge in [0.05, 0.1) is 6.61 Å². The number of halogens is 2. The van der Waals surface area contributed by atoms with Crippen molar-refractivity contribution in [3.05, 3.63) is 58.6 Å². The molecule has 3 aromatic rings. The summed E-state index contributed by atoms with van der Waals surface area (Å²) in [7, 11) is 0. The van der Waals surface area contributed by atoms with Gasteiger partial charge in [-0.3, -0.25) is 5.43 Å². The minimum absolute atomic E-state index is 0.00521. The molecule has 0 aliphatic carbocycles. The molecule has 1 aliphatic heterocycles. The molecular weight excluding hydrogens is 475 g/mol. The van der Waals surface area contributed by atoms with Crippen molar-refractivity contribution in [1.29, 1.82) is 0 Å². The van der Waals surface area contributed by atoms with Gasteiger partial charge in [0.15, 0.2) is 0 Å². The molecule has 2 aromatic carbocycles. The number of ether oxygens (including phenoxy) is 2. The van der Waals surface area contributed by atoms with Crippen molar-refractivity contribution in [2.45, 2.75) is 32.6 Å². The quantitative estimate of drug-likeness (QED) is 0.404. The van der Waals surface area contributed by atoms with E-state index in [1.165, 1.54) is 0 Å². The van der Waals surface area contributed by atoms with Crippen LogP contribution in [-0.2, 0) is 0 Å². The Morgan fingerprint density at radius 2 is 1.41 bits per heavy atom. The van der Waals surface area contributed by atoms with Gasteiger partial charge >= 0.3 is 6.09 Å². The Balaban J connectivity index is 1.74. The van der Waals surface area contributed by atoms with E-state index in [0.29, 0.717) is 28.0 Å². The molecule has 4 rings (SSSR count). The fourth-order valence-corrected chi connectivity index (χ4v) is 3.88. The number of benzene rings is 2. The molecule has 0 atom stereocenters. The molecule has 9 heteroatoms. The normalized spacial score (nSPS) is 14.0. The molecule has 1 amide bonds. The maximum absolute atomic E-state index is 12.7. The fourth-order valence-electron chi connectivity index (χ4n) is 3.63. The SMILES string of the molecule is CCCOc1nc(-c2ccc(Cl)cc2)c(-c2ccc(Cl)cc2)nc1OC(=O)NN1CCCCC1. The number of piperidine rings is 1. The first kappa shape index (κ1) is 24.3. The van der Waals surface area contributed by atoms with Crippen molar-refractivity contribution in [2.75, 3.05) is 19.7 Å². The maximum Gasteiger partial charge on any atom is 0.428 e. The number of carbonyl (C=O) groups excluding carboxylic acids is 1. The van der Waals surface area contributed by atoms with Gasteiger partial charge in [-0.1, -0.05) is 60.8 Å². The van der Waals surface area contributed by atoms with E-state index >= 15 is 0 Å². The van der Waals surface area contributed by atoms with Crippen molar-refractivity contribution in [3.63, 3.8) is 0 Å². The molecule has 0 spiro atoms. The molecule has 34 heavy (non-hydrogen) atoms. The molecule has 0 bridgehead atoms. The third-order valence-corrected chi connectivity index (χ3v) is 5.81. The average Bonchev–Trinajstić information content (AvgIpc) is 2.85. The zero-order valence-electron chi connectivity index (χ0n) is 18.9. The van der Waals surface area contributed by atoms with Crippen molar-refractivity contribution in [2.24, 2.45) is 0 Å². The molecule has 1 N–H and O–H groups in total. The lowest BCUT2D eigenvalue weighted by Gasteiger charge is -2.26. The van der Waals surface area contributed by atoms with E-state index in [-0.39, 0.29) is 11.8 Å². The van der Waals surface area contributed by atoms with Gasteiger partial charge < -0.3 is 9.47 Å². The lowest BCUT2D eigenvalue weighted by Crippen LogP contribution is -2.46. The van der Waals surface area contributed by atoms with E-state index in [0.717, 1.165) is 49.9 Å². The first-order chi connectivity index (χ1) is 16.5. The highest BCUT2D eigenvalue weighted by Gasteiger charge is 2.22. The van der Waals surface area contributed by atoms with Crippen LogP contribution in [0.2, 0.25) is 10.0 Å². The number of nitrogens with one attached hydrogen (secondary N) is 1. The molecule has 178 valence electrons. The number of aromatic nitrogens is 2. The summed E-state index contributed by atoms with van der Waals surface area (Å²) in [6.45, 7) is 3.95. The smallest absolute Gasteiger partial charge is 0.428 e. The molecule has 1 fully saturated rings. The van der Waals surface area contributed by atoms with Crippen molar-refractivity contribution in [1.82, 2.24) is 20.4 Å². The third kappa shape index (κ3) is 6.17. The zero-order chi connectivity index (χ0) is 23.9. The Morgan fingerprint density at radius 3 is 1.94 bits per heavy atom. The van der Waals surface area contributed by atoms with Crippen molar-refractivity contribution < 1.29 is 14.3 Å². The van der Waals surface area contributed by atoms with Crippen LogP contribution in [0.3, 0.4) is 0 Å². The minimum atomic E-state index is -0.626. The molecule has 1 saturated heterocycles. The van der Waals surface area contributed by atoms with Crippen LogP contribution in [-0.4, -0.2) is 40.8 Å². The van der Waals surface area contributed by atoms with E-state index < -0.39 is 6.09 Å². The summed E-state index contributed by atoms with van der Waals surface area (Å²) in [5.74, 6) is 0.156. The zero-order valence-corrected chi connectivity index (χ0v) is 20.4. The molecule has 0 radical (unpaired) electrons. The predicted octanol–water partition coefficient (Wildman–Crippen LogP) is 6.40. The van der Waals surface area contributed by atoms with Gasteiger partial charge in [0, 0.05) is 34.3 Å². The van der Waals surface area contributed by atoms with E-state index in [1.54, 1.807) is 24.3 Å². The molecular formula is C25H26Cl2N4O3. The van der Waals surface area contributed by atoms with E-state index in [4.69, 9.17) is 42.6 Å². The molecule has 0 saturated carbocycles. The number of hydrogen-bond donors (Lipinski definition) is 1. The number of carbonyl (C=O) groups is 1. The number of nitrogens with zero attached hydrogens (tertiary/aromatic N) is 3. The lowest BCUT2D eigenvalue weighted by atomic mass is 10.0. The predicted molar refractivity (Wildman–Crippen MR) is 133 cm³/mol. The number of hydrazine groups is 1. The second-order valence-electron chi connectivity index (χ2n) is 7.94. The van der Waals surface area contributed by atoms with Crippen molar-refractivity contribution >= 4 is 29.3 Å². The Hall–Kier alpha value is -2.87. The van der Waals surface area contributed by atoms with Gasteiger partial charge in [0.2, 0.25) is 0 Å². The van der Waals surface area contributed by atoms with Crippen LogP contribution in [0.5, 0.6) is 11.8 Å². The summed E-state index contributed by atoms with van der Waals surface area (Å²) >= 11 is 12.2. The molecule has 0 unspecified atom stereocenters. The van der Waals surface area contributed by atoms with Gasteiger partial charge in [-0.25, -0.2) is 19.8 Å². The summed E-state index contributed by atoms with van der Waals surface area (Å²) in [6.07, 6.45) is 3.35. The summed E-state index contributed by atoms with van der Waals surface area (Å²) in [6, 6.07) is 14.5. The summed E-state index contributed by atoms with van der Waals surface area (Å²) in [5.41, 5.74) is 5.46. The van der Waals surface area contributed by atoms with Gasteiger partial charge in [0.1, 0.15) is 11.4 Å². The highest BCUT2D eigenvalue weighted by Crippen LogP contribution is 2.36. The van der Waals surface area contributed by atoms with Crippen LogP contribution in [0.25, 0.3) is 22.5 Å². The number of hydrogen-bond acceptors (Lipinski definition) is 6. The molecule has 1 aromatic heterocycles. The summed E-state index contributed by atoms with van der Waals surface area (Å²) < 4.78 is 11.4. The second kappa shape index (κ2) is 11.5. The van der Waals surface area contributed by atoms with Crippen molar-refractivity contribution in [3.8, 4) is 34.3 Å².